The van der Waals surface area contributed by atoms with Crippen molar-refractivity contribution in [2.45, 2.75) is 31.2 Å². The average Bonchev–Trinajstić information content (AvgIpc) is 3.19. The molecule has 0 heterocycles. The van der Waals surface area contributed by atoms with Crippen molar-refractivity contribution >= 4 is 11.7 Å². The van der Waals surface area contributed by atoms with Gasteiger partial charge in [-0.15, -0.1) is 0 Å². The highest BCUT2D eigenvalue weighted by atomic mass is 16.5. The number of rotatable bonds is 10. The van der Waals surface area contributed by atoms with E-state index in [0.717, 1.165) is 24.0 Å². The highest BCUT2D eigenvalue weighted by Crippen LogP contribution is 2.36. The summed E-state index contributed by atoms with van der Waals surface area (Å²) in [6.07, 6.45) is 2.46. The van der Waals surface area contributed by atoms with Crippen LogP contribution in [0.3, 0.4) is 0 Å². The Hall–Kier alpha value is -3.51. The Bertz CT molecular complexity index is 1100. The van der Waals surface area contributed by atoms with Crippen LogP contribution in [-0.4, -0.2) is 36.9 Å². The van der Waals surface area contributed by atoms with Gasteiger partial charge in [-0.1, -0.05) is 48.5 Å². The van der Waals surface area contributed by atoms with Gasteiger partial charge in [0.15, 0.2) is 11.5 Å². The smallest absolute Gasteiger partial charge is 0.330 e. The number of nitrogens with two attached hydrogens (primary N) is 1. The van der Waals surface area contributed by atoms with E-state index in [-0.39, 0.29) is 0 Å². The first-order valence-electron chi connectivity index (χ1n) is 11.2. The SMILES string of the molecule is COc1ccc(NC2(C(=O)O)Cc3ccccc3C2)cc1OCCc1cccc(CCN)c1. The van der Waals surface area contributed by atoms with Gasteiger partial charge >= 0.3 is 5.97 Å². The predicted octanol–water partition coefficient (Wildman–Crippen LogP) is 3.85. The largest absolute Gasteiger partial charge is 0.493 e. The fourth-order valence-corrected chi connectivity index (χ4v) is 4.44. The Balaban J connectivity index is 1.47. The normalized spacial score (nSPS) is 13.9. The summed E-state index contributed by atoms with van der Waals surface area (Å²) in [7, 11) is 1.60. The number of nitrogens with one attached hydrogen (secondary N) is 1. The lowest BCUT2D eigenvalue weighted by molar-refractivity contribution is -0.142. The number of aliphatic carboxylic acids is 1. The van der Waals surface area contributed by atoms with Gasteiger partial charge < -0.3 is 25.6 Å². The number of carboxylic acids is 1. The van der Waals surface area contributed by atoms with Gasteiger partial charge in [-0.3, -0.25) is 0 Å². The second-order valence-electron chi connectivity index (χ2n) is 8.46. The molecule has 4 N–H and O–H groups in total. The third-order valence-electron chi connectivity index (χ3n) is 6.13. The maximum Gasteiger partial charge on any atom is 0.330 e. The van der Waals surface area contributed by atoms with Crippen molar-refractivity contribution in [3.8, 4) is 11.5 Å². The molecule has 6 heteroatoms. The highest BCUT2D eigenvalue weighted by molar-refractivity contribution is 5.85. The number of hydrogen-bond acceptors (Lipinski definition) is 5. The number of benzene rings is 3. The lowest BCUT2D eigenvalue weighted by atomic mass is 9.95. The van der Waals surface area contributed by atoms with Gasteiger partial charge in [0.25, 0.3) is 0 Å². The first-order valence-corrected chi connectivity index (χ1v) is 11.2. The van der Waals surface area contributed by atoms with E-state index < -0.39 is 11.5 Å². The summed E-state index contributed by atoms with van der Waals surface area (Å²) in [6.45, 7) is 1.10. The molecule has 0 unspecified atom stereocenters. The molecule has 0 amide bonds. The van der Waals surface area contributed by atoms with Crippen LogP contribution in [0.2, 0.25) is 0 Å². The maximum atomic E-state index is 12.3. The average molecular weight is 447 g/mol. The summed E-state index contributed by atoms with van der Waals surface area (Å²) >= 11 is 0. The second-order valence-corrected chi connectivity index (χ2v) is 8.46. The minimum atomic E-state index is -1.08. The molecule has 0 atom stereocenters. The number of carbonyl (C=O) groups is 1. The van der Waals surface area contributed by atoms with Crippen LogP contribution in [0.4, 0.5) is 5.69 Å². The molecule has 1 aliphatic rings. The third-order valence-corrected chi connectivity index (χ3v) is 6.13. The third kappa shape index (κ3) is 5.12. The summed E-state index contributed by atoms with van der Waals surface area (Å²) in [4.78, 5) is 12.3. The number of fused-ring (bicyclic) bond motifs is 1. The van der Waals surface area contributed by atoms with Gasteiger partial charge in [0, 0.05) is 31.0 Å². The number of anilines is 1. The molecule has 0 saturated carbocycles. The lowest BCUT2D eigenvalue weighted by Gasteiger charge is -2.27. The van der Waals surface area contributed by atoms with E-state index in [4.69, 9.17) is 15.2 Å². The predicted molar refractivity (Wildman–Crippen MR) is 129 cm³/mol. The van der Waals surface area contributed by atoms with Gasteiger partial charge in [0.05, 0.1) is 13.7 Å². The van der Waals surface area contributed by atoms with Crippen molar-refractivity contribution in [2.24, 2.45) is 5.73 Å². The van der Waals surface area contributed by atoms with Crippen LogP contribution in [0, 0.1) is 0 Å². The zero-order valence-electron chi connectivity index (χ0n) is 18.8. The molecule has 3 aromatic rings. The van der Waals surface area contributed by atoms with Crippen molar-refractivity contribution in [1.29, 1.82) is 0 Å². The van der Waals surface area contributed by atoms with E-state index in [2.05, 4.69) is 23.5 Å². The molecule has 0 aliphatic heterocycles. The van der Waals surface area contributed by atoms with Crippen LogP contribution in [0.15, 0.2) is 66.7 Å². The Morgan fingerprint density at radius 2 is 1.67 bits per heavy atom. The highest BCUT2D eigenvalue weighted by Gasteiger charge is 2.44. The zero-order chi connectivity index (χ0) is 23.3. The molecule has 0 spiro atoms. The van der Waals surface area contributed by atoms with Crippen molar-refractivity contribution < 1.29 is 19.4 Å². The van der Waals surface area contributed by atoms with E-state index in [9.17, 15) is 9.90 Å². The minimum Gasteiger partial charge on any atom is -0.493 e. The quantitative estimate of drug-likeness (QED) is 0.438. The zero-order valence-corrected chi connectivity index (χ0v) is 18.8. The number of ether oxygens (including phenoxy) is 2. The molecule has 33 heavy (non-hydrogen) atoms. The van der Waals surface area contributed by atoms with Gasteiger partial charge in [-0.2, -0.15) is 0 Å². The van der Waals surface area contributed by atoms with E-state index >= 15 is 0 Å². The molecule has 0 fully saturated rings. The molecule has 4 rings (SSSR count). The topological polar surface area (TPSA) is 93.8 Å². The summed E-state index contributed by atoms with van der Waals surface area (Å²) < 4.78 is 11.5. The summed E-state index contributed by atoms with van der Waals surface area (Å²) in [5.41, 5.74) is 9.79. The van der Waals surface area contributed by atoms with Gasteiger partial charge in [-0.25, -0.2) is 4.79 Å². The molecule has 0 radical (unpaired) electrons. The second kappa shape index (κ2) is 9.96. The van der Waals surface area contributed by atoms with E-state index in [1.165, 1.54) is 11.1 Å². The molecule has 1 aliphatic carbocycles. The molecule has 0 aromatic heterocycles. The van der Waals surface area contributed by atoms with E-state index in [1.54, 1.807) is 13.2 Å². The fraction of sp³-hybridized carbons (Fsp3) is 0.296. The standard InChI is InChI=1S/C27H30N2O4/c1-32-24-10-9-23(29-27(26(30)31)17-21-7-2-3-8-22(21)18-27)16-25(24)33-14-12-20-6-4-5-19(15-20)11-13-28/h2-10,15-16,29H,11-14,17-18,28H2,1H3,(H,30,31). The van der Waals surface area contributed by atoms with Gasteiger partial charge in [0.1, 0.15) is 5.54 Å². The molecule has 6 nitrogen and oxygen atoms in total. The molecule has 0 bridgehead atoms. The monoisotopic (exact) mass is 446 g/mol. The molecule has 172 valence electrons. The first kappa shape index (κ1) is 22.7. The summed E-state index contributed by atoms with van der Waals surface area (Å²) in [6, 6.07) is 21.7. The van der Waals surface area contributed by atoms with Crippen LogP contribution in [0.1, 0.15) is 22.3 Å². The molecular formula is C27H30N2O4. The van der Waals surface area contributed by atoms with E-state index in [1.807, 2.05) is 42.5 Å². The number of carboxylic acid groups (broad SMARTS) is 1. The van der Waals surface area contributed by atoms with Crippen molar-refractivity contribution in [3.63, 3.8) is 0 Å². The van der Waals surface area contributed by atoms with Crippen molar-refractivity contribution in [2.75, 3.05) is 25.6 Å². The van der Waals surface area contributed by atoms with Gasteiger partial charge in [-0.05, 0) is 47.4 Å². The Morgan fingerprint density at radius 3 is 2.30 bits per heavy atom. The summed E-state index contributed by atoms with van der Waals surface area (Å²) in [5, 5.41) is 13.3. The molecule has 3 aromatic carbocycles. The van der Waals surface area contributed by atoms with E-state index in [0.29, 0.717) is 43.2 Å². The van der Waals surface area contributed by atoms with Crippen LogP contribution in [0.25, 0.3) is 0 Å². The lowest BCUT2D eigenvalue weighted by Crippen LogP contribution is -2.47. The van der Waals surface area contributed by atoms with Crippen molar-refractivity contribution in [3.05, 3.63) is 89.0 Å². The molecule has 0 saturated heterocycles. The van der Waals surface area contributed by atoms with Crippen LogP contribution >= 0.6 is 0 Å². The van der Waals surface area contributed by atoms with Crippen LogP contribution < -0.4 is 20.5 Å². The maximum absolute atomic E-state index is 12.3. The van der Waals surface area contributed by atoms with Crippen LogP contribution in [-0.2, 0) is 30.5 Å². The summed E-state index contributed by atoms with van der Waals surface area (Å²) in [5.74, 6) is 0.322. The Kier molecular flexibility index (Phi) is 6.84. The van der Waals surface area contributed by atoms with Crippen molar-refractivity contribution in [1.82, 2.24) is 0 Å². The number of hydrogen-bond donors (Lipinski definition) is 3. The minimum absolute atomic E-state index is 0.430. The fourth-order valence-electron chi connectivity index (χ4n) is 4.44. The van der Waals surface area contributed by atoms with Gasteiger partial charge in [0.2, 0.25) is 0 Å². The number of methoxy groups -OCH3 is 1. The first-order chi connectivity index (χ1) is 16.0. The Labute approximate surface area is 194 Å². The van der Waals surface area contributed by atoms with Crippen LogP contribution in [0.5, 0.6) is 11.5 Å². The Morgan fingerprint density at radius 1 is 0.970 bits per heavy atom. The molecular weight excluding hydrogens is 416 g/mol.